The van der Waals surface area contributed by atoms with Crippen LogP contribution in [0, 0.1) is 0 Å². The maximum Gasteiger partial charge on any atom is 0.258 e. The molecule has 0 bridgehead atoms. The van der Waals surface area contributed by atoms with E-state index in [1.165, 1.54) is 0 Å². The Balaban J connectivity index is 2.15. The normalized spacial score (nSPS) is 11.8. The van der Waals surface area contributed by atoms with Crippen molar-refractivity contribution in [3.63, 3.8) is 0 Å². The summed E-state index contributed by atoms with van der Waals surface area (Å²) in [6, 6.07) is 16.8. The molecule has 0 radical (unpaired) electrons. The topological polar surface area (TPSA) is 52.6 Å². The lowest BCUT2D eigenvalue weighted by Crippen LogP contribution is -2.30. The quantitative estimate of drug-likeness (QED) is 0.764. The minimum absolute atomic E-state index is 0.0553. The fourth-order valence-electron chi connectivity index (χ4n) is 2.26. The molecular weight excluding hydrogens is 312 g/mol. The number of para-hydroxylation sites is 1. The van der Waals surface area contributed by atoms with E-state index < -0.39 is 6.10 Å². The van der Waals surface area contributed by atoms with E-state index in [0.29, 0.717) is 18.7 Å². The van der Waals surface area contributed by atoms with Crippen LogP contribution in [0.5, 0.6) is 0 Å². The van der Waals surface area contributed by atoms with E-state index in [4.69, 9.17) is 11.6 Å². The number of anilines is 2. The standard InChI is InChI=1S/C18H21ClN2O2/c1-2-21(16-9-4-3-5-10-16)18(23)14-7-6-8-15(11-14)20-13-17(22)12-19/h3-11,17,20,22H,2,12-13H2,1H3. The molecule has 2 N–H and O–H groups in total. The van der Waals surface area contributed by atoms with Crippen LogP contribution in [-0.4, -0.2) is 36.1 Å². The first kappa shape index (κ1) is 17.3. The van der Waals surface area contributed by atoms with Crippen molar-refractivity contribution in [2.75, 3.05) is 29.2 Å². The van der Waals surface area contributed by atoms with Crippen molar-refractivity contribution in [1.29, 1.82) is 0 Å². The Labute approximate surface area is 141 Å². The maximum atomic E-state index is 12.8. The van der Waals surface area contributed by atoms with E-state index in [9.17, 15) is 9.90 Å². The van der Waals surface area contributed by atoms with Crippen molar-refractivity contribution < 1.29 is 9.90 Å². The molecule has 1 unspecified atom stereocenters. The van der Waals surface area contributed by atoms with Crippen LogP contribution >= 0.6 is 11.6 Å². The number of hydrogen-bond donors (Lipinski definition) is 2. The summed E-state index contributed by atoms with van der Waals surface area (Å²) in [5.74, 6) is 0.115. The van der Waals surface area contributed by atoms with Gasteiger partial charge >= 0.3 is 0 Å². The highest BCUT2D eigenvalue weighted by atomic mass is 35.5. The van der Waals surface area contributed by atoms with Crippen LogP contribution < -0.4 is 10.2 Å². The van der Waals surface area contributed by atoms with E-state index >= 15 is 0 Å². The minimum Gasteiger partial charge on any atom is -0.390 e. The number of carbonyl (C=O) groups is 1. The summed E-state index contributed by atoms with van der Waals surface area (Å²) in [5.41, 5.74) is 2.25. The third-order valence-corrected chi connectivity index (χ3v) is 3.81. The van der Waals surface area contributed by atoms with Gasteiger partial charge in [-0.3, -0.25) is 4.79 Å². The molecule has 0 aliphatic rings. The van der Waals surface area contributed by atoms with Gasteiger partial charge in [0, 0.05) is 30.0 Å². The average molecular weight is 333 g/mol. The highest BCUT2D eigenvalue weighted by molar-refractivity contribution is 6.18. The number of rotatable bonds is 7. The third-order valence-electron chi connectivity index (χ3n) is 3.46. The van der Waals surface area contributed by atoms with Crippen molar-refractivity contribution in [2.24, 2.45) is 0 Å². The second-order valence-corrected chi connectivity index (χ2v) is 5.46. The largest absolute Gasteiger partial charge is 0.390 e. The Morgan fingerprint density at radius 1 is 1.22 bits per heavy atom. The molecule has 1 atom stereocenters. The molecule has 5 heteroatoms. The van der Waals surface area contributed by atoms with Crippen LogP contribution in [0.3, 0.4) is 0 Å². The fraction of sp³-hybridized carbons (Fsp3) is 0.278. The zero-order valence-corrected chi connectivity index (χ0v) is 13.8. The second-order valence-electron chi connectivity index (χ2n) is 5.15. The van der Waals surface area contributed by atoms with E-state index in [0.717, 1.165) is 11.4 Å². The van der Waals surface area contributed by atoms with Crippen molar-refractivity contribution >= 4 is 28.9 Å². The van der Waals surface area contributed by atoms with Gasteiger partial charge in [-0.05, 0) is 37.3 Å². The molecule has 1 amide bonds. The number of amides is 1. The smallest absolute Gasteiger partial charge is 0.258 e. The summed E-state index contributed by atoms with van der Waals surface area (Å²) in [6.07, 6.45) is -0.618. The first-order chi connectivity index (χ1) is 11.2. The summed E-state index contributed by atoms with van der Waals surface area (Å²) in [5, 5.41) is 12.6. The first-order valence-corrected chi connectivity index (χ1v) is 8.14. The van der Waals surface area contributed by atoms with E-state index in [1.54, 1.807) is 17.0 Å². The van der Waals surface area contributed by atoms with Gasteiger partial charge in [0.2, 0.25) is 0 Å². The number of alkyl halides is 1. The minimum atomic E-state index is -0.618. The van der Waals surface area contributed by atoms with Gasteiger partial charge < -0.3 is 15.3 Å². The maximum absolute atomic E-state index is 12.8. The zero-order valence-electron chi connectivity index (χ0n) is 13.1. The molecule has 0 saturated carbocycles. The lowest BCUT2D eigenvalue weighted by Gasteiger charge is -2.21. The molecule has 2 aromatic rings. The van der Waals surface area contributed by atoms with Crippen molar-refractivity contribution in [1.82, 2.24) is 0 Å². The Bertz CT molecular complexity index is 634. The third kappa shape index (κ3) is 4.71. The van der Waals surface area contributed by atoms with Gasteiger partial charge in [-0.2, -0.15) is 0 Å². The molecule has 0 saturated heterocycles. The molecule has 23 heavy (non-hydrogen) atoms. The molecular formula is C18H21ClN2O2. The number of hydrogen-bond acceptors (Lipinski definition) is 3. The van der Waals surface area contributed by atoms with Crippen LogP contribution in [0.4, 0.5) is 11.4 Å². The number of benzene rings is 2. The number of aliphatic hydroxyl groups is 1. The van der Waals surface area contributed by atoms with E-state index in [2.05, 4.69) is 5.32 Å². The van der Waals surface area contributed by atoms with Gasteiger partial charge in [-0.1, -0.05) is 24.3 Å². The van der Waals surface area contributed by atoms with E-state index in [1.807, 2.05) is 49.4 Å². The van der Waals surface area contributed by atoms with Crippen molar-refractivity contribution in [2.45, 2.75) is 13.0 Å². The predicted molar refractivity (Wildman–Crippen MR) is 95.5 cm³/mol. The summed E-state index contributed by atoms with van der Waals surface area (Å²) < 4.78 is 0. The van der Waals surface area contributed by atoms with Crippen molar-refractivity contribution in [3.8, 4) is 0 Å². The van der Waals surface area contributed by atoms with Crippen molar-refractivity contribution in [3.05, 3.63) is 60.2 Å². The van der Waals surface area contributed by atoms with E-state index in [-0.39, 0.29) is 11.8 Å². The molecule has 0 heterocycles. The molecule has 122 valence electrons. The van der Waals surface area contributed by atoms with Gasteiger partial charge in [0.25, 0.3) is 5.91 Å². The van der Waals surface area contributed by atoms with Crippen LogP contribution in [0.1, 0.15) is 17.3 Å². The second kappa shape index (κ2) is 8.56. The number of aliphatic hydroxyl groups excluding tert-OH is 1. The van der Waals surface area contributed by atoms with Gasteiger partial charge in [0.15, 0.2) is 0 Å². The van der Waals surface area contributed by atoms with Crippen LogP contribution in [0.15, 0.2) is 54.6 Å². The summed E-state index contributed by atoms with van der Waals surface area (Å²) in [4.78, 5) is 14.5. The molecule has 4 nitrogen and oxygen atoms in total. The van der Waals surface area contributed by atoms with Gasteiger partial charge in [-0.25, -0.2) is 0 Å². The summed E-state index contributed by atoms with van der Waals surface area (Å²) in [7, 11) is 0. The van der Waals surface area contributed by atoms with Crippen LogP contribution in [0.2, 0.25) is 0 Å². The number of nitrogens with zero attached hydrogens (tertiary/aromatic N) is 1. The zero-order chi connectivity index (χ0) is 16.7. The van der Waals surface area contributed by atoms with Crippen LogP contribution in [0.25, 0.3) is 0 Å². The van der Waals surface area contributed by atoms with Gasteiger partial charge in [-0.15, -0.1) is 11.6 Å². The lowest BCUT2D eigenvalue weighted by atomic mass is 10.1. The first-order valence-electron chi connectivity index (χ1n) is 7.60. The molecule has 0 aromatic heterocycles. The molecule has 2 rings (SSSR count). The SMILES string of the molecule is CCN(C(=O)c1cccc(NCC(O)CCl)c1)c1ccccc1. The Hall–Kier alpha value is -2.04. The molecule has 0 fully saturated rings. The highest BCUT2D eigenvalue weighted by Crippen LogP contribution is 2.18. The Kier molecular flexibility index (Phi) is 6.44. The predicted octanol–water partition coefficient (Wildman–Crippen LogP) is 3.36. The Morgan fingerprint density at radius 2 is 1.96 bits per heavy atom. The lowest BCUT2D eigenvalue weighted by molar-refractivity contribution is 0.0988. The number of nitrogens with one attached hydrogen (secondary N) is 1. The number of carbonyl (C=O) groups excluding carboxylic acids is 1. The molecule has 0 aliphatic heterocycles. The Morgan fingerprint density at radius 3 is 2.61 bits per heavy atom. The monoisotopic (exact) mass is 332 g/mol. The van der Waals surface area contributed by atoms with Gasteiger partial charge in [0.05, 0.1) is 12.0 Å². The number of halogens is 1. The molecule has 0 aliphatic carbocycles. The fourth-order valence-corrected chi connectivity index (χ4v) is 2.37. The molecule has 2 aromatic carbocycles. The summed E-state index contributed by atoms with van der Waals surface area (Å²) in [6.45, 7) is 2.88. The highest BCUT2D eigenvalue weighted by Gasteiger charge is 2.16. The molecule has 0 spiro atoms. The van der Waals surface area contributed by atoms with Crippen LogP contribution in [-0.2, 0) is 0 Å². The van der Waals surface area contributed by atoms with Gasteiger partial charge in [0.1, 0.15) is 0 Å². The average Bonchev–Trinajstić information content (AvgIpc) is 2.61. The summed E-state index contributed by atoms with van der Waals surface area (Å²) >= 11 is 5.58.